The summed E-state index contributed by atoms with van der Waals surface area (Å²) in [6, 6.07) is 16.7. The number of para-hydroxylation sites is 3. The summed E-state index contributed by atoms with van der Waals surface area (Å²) in [7, 11) is 3.49. The van der Waals surface area contributed by atoms with E-state index in [0.29, 0.717) is 24.6 Å². The molecule has 0 bridgehead atoms. The minimum atomic E-state index is -0.283. The molecule has 0 fully saturated rings. The average Bonchev–Trinajstić information content (AvgIpc) is 2.62. The Hall–Kier alpha value is -2.53. The standard InChI is InChI=1S/C19H24N2O3/c1-15(19(22)20-17-11-7-8-12-18(17)23-3)21(2)13-14-24-16-9-5-4-6-10-16/h4-12,15H,13-14H2,1-3H3,(H,20,22). The number of hydrogen-bond acceptors (Lipinski definition) is 4. The highest BCUT2D eigenvalue weighted by Gasteiger charge is 2.19. The lowest BCUT2D eigenvalue weighted by Crippen LogP contribution is -2.41. The molecule has 1 atom stereocenters. The summed E-state index contributed by atoms with van der Waals surface area (Å²) in [5.74, 6) is 1.40. The van der Waals surface area contributed by atoms with E-state index in [-0.39, 0.29) is 11.9 Å². The highest BCUT2D eigenvalue weighted by molar-refractivity contribution is 5.95. The molecule has 1 unspecified atom stereocenters. The molecule has 0 radical (unpaired) electrons. The van der Waals surface area contributed by atoms with Gasteiger partial charge in [0.2, 0.25) is 5.91 Å². The Labute approximate surface area is 143 Å². The van der Waals surface area contributed by atoms with Gasteiger partial charge in [0.15, 0.2) is 0 Å². The van der Waals surface area contributed by atoms with E-state index in [1.165, 1.54) is 0 Å². The Morgan fingerprint density at radius 2 is 1.79 bits per heavy atom. The number of rotatable bonds is 8. The quantitative estimate of drug-likeness (QED) is 0.809. The number of ether oxygens (including phenoxy) is 2. The van der Waals surface area contributed by atoms with Crippen molar-refractivity contribution in [3.8, 4) is 11.5 Å². The Kier molecular flexibility index (Phi) is 6.63. The number of hydrogen-bond donors (Lipinski definition) is 1. The number of likely N-dealkylation sites (N-methyl/N-ethyl adjacent to an activating group) is 1. The maximum absolute atomic E-state index is 12.4. The monoisotopic (exact) mass is 328 g/mol. The van der Waals surface area contributed by atoms with Gasteiger partial charge < -0.3 is 14.8 Å². The van der Waals surface area contributed by atoms with Gasteiger partial charge >= 0.3 is 0 Å². The van der Waals surface area contributed by atoms with E-state index in [2.05, 4.69) is 5.32 Å². The molecule has 128 valence electrons. The number of amides is 1. The molecule has 2 aromatic carbocycles. The molecular weight excluding hydrogens is 304 g/mol. The SMILES string of the molecule is COc1ccccc1NC(=O)C(C)N(C)CCOc1ccccc1. The fraction of sp³-hybridized carbons (Fsp3) is 0.316. The minimum Gasteiger partial charge on any atom is -0.495 e. The van der Waals surface area contributed by atoms with Gasteiger partial charge in [-0.25, -0.2) is 0 Å². The molecular formula is C19H24N2O3. The van der Waals surface area contributed by atoms with Crippen molar-refractivity contribution >= 4 is 11.6 Å². The third-order valence-corrected chi connectivity index (χ3v) is 3.86. The first-order valence-corrected chi connectivity index (χ1v) is 7.93. The minimum absolute atomic E-state index is 0.0817. The third-order valence-electron chi connectivity index (χ3n) is 3.86. The van der Waals surface area contributed by atoms with E-state index in [1.54, 1.807) is 7.11 Å². The van der Waals surface area contributed by atoms with Gasteiger partial charge in [0.1, 0.15) is 18.1 Å². The Morgan fingerprint density at radius 3 is 2.50 bits per heavy atom. The summed E-state index contributed by atoms with van der Waals surface area (Å²) in [4.78, 5) is 14.4. The largest absolute Gasteiger partial charge is 0.495 e. The fourth-order valence-electron chi connectivity index (χ4n) is 2.20. The molecule has 0 heterocycles. The van der Waals surface area contributed by atoms with Gasteiger partial charge in [-0.2, -0.15) is 0 Å². The molecule has 2 aromatic rings. The van der Waals surface area contributed by atoms with Crippen molar-refractivity contribution in [3.63, 3.8) is 0 Å². The maximum atomic E-state index is 12.4. The van der Waals surface area contributed by atoms with Crippen LogP contribution in [0.3, 0.4) is 0 Å². The van der Waals surface area contributed by atoms with Crippen LogP contribution in [0.5, 0.6) is 11.5 Å². The third kappa shape index (κ3) is 4.99. The lowest BCUT2D eigenvalue weighted by atomic mass is 10.2. The van der Waals surface area contributed by atoms with Crippen molar-refractivity contribution < 1.29 is 14.3 Å². The van der Waals surface area contributed by atoms with Crippen molar-refractivity contribution in [2.45, 2.75) is 13.0 Å². The van der Waals surface area contributed by atoms with E-state index in [0.717, 1.165) is 5.75 Å². The summed E-state index contributed by atoms with van der Waals surface area (Å²) in [6.07, 6.45) is 0. The van der Waals surface area contributed by atoms with Crippen molar-refractivity contribution in [1.82, 2.24) is 4.90 Å². The topological polar surface area (TPSA) is 50.8 Å². The molecule has 0 aliphatic heterocycles. The molecule has 0 saturated heterocycles. The van der Waals surface area contributed by atoms with Crippen LogP contribution in [-0.2, 0) is 4.79 Å². The van der Waals surface area contributed by atoms with Gasteiger partial charge in [-0.05, 0) is 38.2 Å². The predicted octanol–water partition coefficient (Wildman–Crippen LogP) is 3.03. The Balaban J connectivity index is 1.83. The van der Waals surface area contributed by atoms with Crippen LogP contribution in [0, 0.1) is 0 Å². The van der Waals surface area contributed by atoms with Crippen molar-refractivity contribution in [2.24, 2.45) is 0 Å². The average molecular weight is 328 g/mol. The van der Waals surface area contributed by atoms with Crippen LogP contribution in [0.2, 0.25) is 0 Å². The van der Waals surface area contributed by atoms with Crippen LogP contribution >= 0.6 is 0 Å². The zero-order chi connectivity index (χ0) is 17.4. The Morgan fingerprint density at radius 1 is 1.12 bits per heavy atom. The molecule has 1 amide bonds. The lowest BCUT2D eigenvalue weighted by molar-refractivity contribution is -0.120. The van der Waals surface area contributed by atoms with Crippen LogP contribution in [0.1, 0.15) is 6.92 Å². The van der Waals surface area contributed by atoms with Gasteiger partial charge in [0.05, 0.1) is 18.8 Å². The van der Waals surface area contributed by atoms with E-state index >= 15 is 0 Å². The number of nitrogens with one attached hydrogen (secondary N) is 1. The molecule has 0 saturated carbocycles. The van der Waals surface area contributed by atoms with Gasteiger partial charge in [0, 0.05) is 6.54 Å². The van der Waals surface area contributed by atoms with E-state index in [9.17, 15) is 4.79 Å². The molecule has 0 spiro atoms. The number of carbonyl (C=O) groups is 1. The van der Waals surface area contributed by atoms with Gasteiger partial charge in [-0.15, -0.1) is 0 Å². The maximum Gasteiger partial charge on any atom is 0.241 e. The van der Waals surface area contributed by atoms with Crippen LogP contribution in [0.25, 0.3) is 0 Å². The summed E-state index contributed by atoms with van der Waals surface area (Å²) in [5.41, 5.74) is 0.672. The summed E-state index contributed by atoms with van der Waals surface area (Å²) in [5, 5.41) is 2.90. The molecule has 2 rings (SSSR count). The van der Waals surface area contributed by atoms with E-state index < -0.39 is 0 Å². The van der Waals surface area contributed by atoms with Crippen molar-refractivity contribution in [2.75, 3.05) is 32.6 Å². The summed E-state index contributed by atoms with van der Waals surface area (Å²) >= 11 is 0. The lowest BCUT2D eigenvalue weighted by Gasteiger charge is -2.24. The molecule has 5 heteroatoms. The zero-order valence-corrected chi connectivity index (χ0v) is 14.4. The number of benzene rings is 2. The smallest absolute Gasteiger partial charge is 0.241 e. The van der Waals surface area contributed by atoms with Crippen LogP contribution < -0.4 is 14.8 Å². The first kappa shape index (κ1) is 17.8. The predicted molar refractivity (Wildman–Crippen MR) is 95.7 cm³/mol. The van der Waals surface area contributed by atoms with Gasteiger partial charge in [-0.3, -0.25) is 9.69 Å². The zero-order valence-electron chi connectivity index (χ0n) is 14.4. The van der Waals surface area contributed by atoms with Crippen LogP contribution in [-0.4, -0.2) is 44.2 Å². The van der Waals surface area contributed by atoms with E-state index in [1.807, 2.05) is 73.5 Å². The molecule has 24 heavy (non-hydrogen) atoms. The summed E-state index contributed by atoms with van der Waals surface area (Å²) in [6.45, 7) is 3.04. The molecule has 0 aromatic heterocycles. The number of methoxy groups -OCH3 is 1. The number of anilines is 1. The Bertz CT molecular complexity index is 646. The highest BCUT2D eigenvalue weighted by Crippen LogP contribution is 2.23. The summed E-state index contributed by atoms with van der Waals surface area (Å²) < 4.78 is 10.9. The highest BCUT2D eigenvalue weighted by atomic mass is 16.5. The first-order valence-electron chi connectivity index (χ1n) is 7.93. The first-order chi connectivity index (χ1) is 11.6. The molecule has 0 aliphatic rings. The van der Waals surface area contributed by atoms with E-state index in [4.69, 9.17) is 9.47 Å². The number of nitrogens with zero attached hydrogens (tertiary/aromatic N) is 1. The second-order valence-corrected chi connectivity index (χ2v) is 5.51. The van der Waals surface area contributed by atoms with Crippen LogP contribution in [0.4, 0.5) is 5.69 Å². The fourth-order valence-corrected chi connectivity index (χ4v) is 2.20. The van der Waals surface area contributed by atoms with Crippen molar-refractivity contribution in [1.29, 1.82) is 0 Å². The van der Waals surface area contributed by atoms with Gasteiger partial charge in [-0.1, -0.05) is 30.3 Å². The molecule has 0 aliphatic carbocycles. The van der Waals surface area contributed by atoms with Crippen LogP contribution in [0.15, 0.2) is 54.6 Å². The number of carbonyl (C=O) groups excluding carboxylic acids is 1. The molecule has 1 N–H and O–H groups in total. The second kappa shape index (κ2) is 8.93. The second-order valence-electron chi connectivity index (χ2n) is 5.51. The van der Waals surface area contributed by atoms with Gasteiger partial charge in [0.25, 0.3) is 0 Å². The van der Waals surface area contributed by atoms with Crippen molar-refractivity contribution in [3.05, 3.63) is 54.6 Å². The normalized spacial score (nSPS) is 11.8. The molecule has 5 nitrogen and oxygen atoms in total.